The highest BCUT2D eigenvalue weighted by Gasteiger charge is 2.07. The summed E-state index contributed by atoms with van der Waals surface area (Å²) in [6, 6.07) is 3.95. The molecule has 0 radical (unpaired) electrons. The van der Waals surface area contributed by atoms with E-state index in [1.165, 1.54) is 6.20 Å². The molecule has 0 saturated carbocycles. The zero-order valence-corrected chi connectivity index (χ0v) is 10.1. The Morgan fingerprint density at radius 1 is 1.06 bits per heavy atom. The summed E-state index contributed by atoms with van der Waals surface area (Å²) in [5, 5.41) is 0. The summed E-state index contributed by atoms with van der Waals surface area (Å²) in [6.07, 6.45) is 8.54. The number of benzene rings is 1. The average Bonchev–Trinajstić information content (AvgIpc) is 2.37. The maximum absolute atomic E-state index is 4.37. The lowest BCUT2D eigenvalue weighted by molar-refractivity contribution is 1.46. The number of nitrogens with zero attached hydrogens (tertiary/aromatic N) is 2. The van der Waals surface area contributed by atoms with Crippen molar-refractivity contribution in [3.05, 3.63) is 54.8 Å². The molecule has 0 bridgehead atoms. The summed E-state index contributed by atoms with van der Waals surface area (Å²) in [6.45, 7) is 13.0. The summed E-state index contributed by atoms with van der Waals surface area (Å²) < 4.78 is 0. The third-order valence-electron chi connectivity index (χ3n) is 2.29. The Bertz CT molecular complexity index is 494. The van der Waals surface area contributed by atoms with Crippen LogP contribution in [0, 0.1) is 0 Å². The second-order valence-corrected chi connectivity index (χ2v) is 3.26. The van der Waals surface area contributed by atoms with E-state index in [0.29, 0.717) is 0 Å². The van der Waals surface area contributed by atoms with Crippen molar-refractivity contribution in [3.63, 3.8) is 0 Å². The molecule has 0 unspecified atom stereocenters. The maximum atomic E-state index is 4.37. The van der Waals surface area contributed by atoms with Gasteiger partial charge < -0.3 is 0 Å². The van der Waals surface area contributed by atoms with Crippen molar-refractivity contribution in [1.29, 1.82) is 0 Å². The van der Waals surface area contributed by atoms with E-state index in [0.717, 1.165) is 22.4 Å². The van der Waals surface area contributed by atoms with Gasteiger partial charge in [-0.15, -0.1) is 0 Å². The van der Waals surface area contributed by atoms with E-state index in [-0.39, 0.29) is 0 Å². The van der Waals surface area contributed by atoms with Crippen molar-refractivity contribution in [3.8, 4) is 0 Å². The first kappa shape index (κ1) is 12.8. The monoisotopic (exact) mass is 224 g/mol. The van der Waals surface area contributed by atoms with Crippen LogP contribution in [-0.2, 0) is 0 Å². The number of hydrogen-bond acceptors (Lipinski definition) is 2. The Morgan fingerprint density at radius 2 is 1.71 bits per heavy atom. The molecule has 0 amide bonds. The lowest BCUT2D eigenvalue weighted by atomic mass is 10.0. The zero-order chi connectivity index (χ0) is 12.7. The van der Waals surface area contributed by atoms with Crippen LogP contribution in [0.3, 0.4) is 0 Å². The minimum absolute atomic E-state index is 0.852. The highest BCUT2D eigenvalue weighted by Crippen LogP contribution is 2.28. The van der Waals surface area contributed by atoms with Crippen molar-refractivity contribution < 1.29 is 0 Å². The standard InChI is InChI=1S/C15H16N2/c1-5-12-9-10-13(6-2)15(17-8-4)14(12)11-16-7-3/h5-11H,1-3H2,4H3/b16-11-,17-8-. The van der Waals surface area contributed by atoms with Crippen LogP contribution in [0.5, 0.6) is 0 Å². The number of rotatable bonds is 5. The third-order valence-corrected chi connectivity index (χ3v) is 2.29. The largest absolute Gasteiger partial charge is 0.265 e. The second kappa shape index (κ2) is 6.38. The Morgan fingerprint density at radius 3 is 2.24 bits per heavy atom. The lowest BCUT2D eigenvalue weighted by Gasteiger charge is -2.08. The van der Waals surface area contributed by atoms with Gasteiger partial charge in [-0.2, -0.15) is 0 Å². The van der Waals surface area contributed by atoms with Crippen molar-refractivity contribution in [2.75, 3.05) is 0 Å². The normalized spacial score (nSPS) is 10.9. The molecule has 0 aliphatic rings. The Labute approximate surface area is 102 Å². The molecular formula is C15H16N2. The minimum atomic E-state index is 0.852. The summed E-state index contributed by atoms with van der Waals surface area (Å²) in [4.78, 5) is 8.42. The topological polar surface area (TPSA) is 24.7 Å². The SMILES string of the molecule is C=C/N=C\c1c(C=C)ccc(C=C)c1/N=C\C. The summed E-state index contributed by atoms with van der Waals surface area (Å²) >= 11 is 0. The van der Waals surface area contributed by atoms with E-state index in [1.54, 1.807) is 24.6 Å². The average molecular weight is 224 g/mol. The zero-order valence-electron chi connectivity index (χ0n) is 10.1. The smallest absolute Gasteiger partial charge is 0.0791 e. The molecule has 2 heteroatoms. The van der Waals surface area contributed by atoms with Crippen LogP contribution in [0.25, 0.3) is 12.2 Å². The highest BCUT2D eigenvalue weighted by molar-refractivity contribution is 5.95. The third kappa shape index (κ3) is 2.88. The maximum Gasteiger partial charge on any atom is 0.0791 e. The predicted octanol–water partition coefficient (Wildman–Crippen LogP) is 4.26. The fourth-order valence-corrected chi connectivity index (χ4v) is 1.52. The van der Waals surface area contributed by atoms with Crippen molar-refractivity contribution >= 4 is 30.3 Å². The van der Waals surface area contributed by atoms with Crippen LogP contribution in [-0.4, -0.2) is 12.4 Å². The molecule has 0 fully saturated rings. The van der Waals surface area contributed by atoms with Crippen LogP contribution in [0.2, 0.25) is 0 Å². The van der Waals surface area contributed by atoms with Crippen LogP contribution in [0.1, 0.15) is 23.6 Å². The van der Waals surface area contributed by atoms with Crippen molar-refractivity contribution in [1.82, 2.24) is 0 Å². The molecular weight excluding hydrogens is 208 g/mol. The van der Waals surface area contributed by atoms with Gasteiger partial charge in [-0.3, -0.25) is 9.98 Å². The molecule has 1 aromatic rings. The molecule has 0 atom stereocenters. The first-order valence-electron chi connectivity index (χ1n) is 5.33. The number of hydrogen-bond donors (Lipinski definition) is 0. The van der Waals surface area contributed by atoms with E-state index in [4.69, 9.17) is 0 Å². The molecule has 1 aromatic carbocycles. The quantitative estimate of drug-likeness (QED) is 0.668. The van der Waals surface area contributed by atoms with Gasteiger partial charge in [-0.25, -0.2) is 0 Å². The van der Waals surface area contributed by atoms with Gasteiger partial charge in [0.1, 0.15) is 0 Å². The Hall–Kier alpha value is -2.22. The molecule has 1 rings (SSSR count). The first-order chi connectivity index (χ1) is 8.28. The summed E-state index contributed by atoms with van der Waals surface area (Å²) in [5.74, 6) is 0. The molecule has 0 aliphatic heterocycles. The van der Waals surface area contributed by atoms with E-state index in [9.17, 15) is 0 Å². The van der Waals surface area contributed by atoms with E-state index in [1.807, 2.05) is 19.1 Å². The van der Waals surface area contributed by atoms with Gasteiger partial charge in [0, 0.05) is 29.8 Å². The fraction of sp³-hybridized carbons (Fsp3) is 0.0667. The Kier molecular flexibility index (Phi) is 4.82. The highest BCUT2D eigenvalue weighted by atomic mass is 14.7. The van der Waals surface area contributed by atoms with Crippen molar-refractivity contribution in [2.45, 2.75) is 6.92 Å². The first-order valence-corrected chi connectivity index (χ1v) is 5.33. The predicted molar refractivity (Wildman–Crippen MR) is 78.2 cm³/mol. The van der Waals surface area contributed by atoms with Crippen LogP contribution in [0.4, 0.5) is 5.69 Å². The molecule has 0 spiro atoms. The van der Waals surface area contributed by atoms with E-state index in [2.05, 4.69) is 29.7 Å². The van der Waals surface area contributed by atoms with Gasteiger partial charge in [0.15, 0.2) is 0 Å². The molecule has 0 saturated heterocycles. The van der Waals surface area contributed by atoms with Gasteiger partial charge in [-0.05, 0) is 12.5 Å². The summed E-state index contributed by atoms with van der Waals surface area (Å²) in [5.41, 5.74) is 3.74. The molecule has 0 N–H and O–H groups in total. The van der Waals surface area contributed by atoms with Gasteiger partial charge in [0.25, 0.3) is 0 Å². The van der Waals surface area contributed by atoms with E-state index < -0.39 is 0 Å². The van der Waals surface area contributed by atoms with Gasteiger partial charge >= 0.3 is 0 Å². The Balaban J connectivity index is 3.56. The number of aliphatic imine (C=N–C) groups is 2. The summed E-state index contributed by atoms with van der Waals surface area (Å²) in [7, 11) is 0. The van der Waals surface area contributed by atoms with Gasteiger partial charge in [-0.1, -0.05) is 44.0 Å². The van der Waals surface area contributed by atoms with E-state index >= 15 is 0 Å². The van der Waals surface area contributed by atoms with Crippen LogP contribution < -0.4 is 0 Å². The lowest BCUT2D eigenvalue weighted by Crippen LogP contribution is -1.91. The van der Waals surface area contributed by atoms with Crippen molar-refractivity contribution in [2.24, 2.45) is 9.98 Å². The minimum Gasteiger partial charge on any atom is -0.265 e. The van der Waals surface area contributed by atoms with Crippen LogP contribution >= 0.6 is 0 Å². The van der Waals surface area contributed by atoms with Gasteiger partial charge in [0.2, 0.25) is 0 Å². The fourth-order valence-electron chi connectivity index (χ4n) is 1.52. The molecule has 86 valence electrons. The molecule has 0 aromatic heterocycles. The molecule has 0 aliphatic carbocycles. The second-order valence-electron chi connectivity index (χ2n) is 3.26. The van der Waals surface area contributed by atoms with Gasteiger partial charge in [0.05, 0.1) is 5.69 Å². The molecule has 0 heterocycles. The molecule has 17 heavy (non-hydrogen) atoms. The van der Waals surface area contributed by atoms with Crippen LogP contribution in [0.15, 0.2) is 48.1 Å². The molecule has 2 nitrogen and oxygen atoms in total.